The zero-order valence-corrected chi connectivity index (χ0v) is 16.7. The number of rotatable bonds is 5. The van der Waals surface area contributed by atoms with Gasteiger partial charge in [0.2, 0.25) is 0 Å². The lowest BCUT2D eigenvalue weighted by molar-refractivity contribution is 0.0673. The Morgan fingerprint density at radius 2 is 1.27 bits per heavy atom. The van der Waals surface area contributed by atoms with Gasteiger partial charge in [-0.15, -0.1) is 0 Å². The third kappa shape index (κ3) is 4.35. The van der Waals surface area contributed by atoms with Crippen molar-refractivity contribution >= 4 is 17.6 Å². The fraction of sp³-hybridized carbons (Fsp3) is 0.200. The van der Waals surface area contributed by atoms with Crippen LogP contribution in [0.1, 0.15) is 31.8 Å². The molecule has 0 radical (unpaired) electrons. The number of hydrogen-bond acceptors (Lipinski definition) is 3. The first kappa shape index (κ1) is 19.7. The first-order valence-electron chi connectivity index (χ1n) is 10.1. The Kier molecular flexibility index (Phi) is 5.80. The summed E-state index contributed by atoms with van der Waals surface area (Å²) in [5, 5.41) is 9.34. The van der Waals surface area contributed by atoms with E-state index in [-0.39, 0.29) is 17.0 Å². The fourth-order valence-corrected chi connectivity index (χ4v) is 3.85. The van der Waals surface area contributed by atoms with Crippen LogP contribution < -0.4 is 4.90 Å². The summed E-state index contributed by atoms with van der Waals surface area (Å²) in [7, 11) is 0. The van der Waals surface area contributed by atoms with E-state index in [1.165, 1.54) is 17.2 Å². The van der Waals surface area contributed by atoms with Gasteiger partial charge >= 0.3 is 5.97 Å². The number of hydrogen-bond donors (Lipinski definition) is 1. The summed E-state index contributed by atoms with van der Waals surface area (Å²) >= 11 is 0. The van der Waals surface area contributed by atoms with E-state index in [1.807, 2.05) is 6.07 Å². The number of nitrogens with zero attached hydrogens (tertiary/aromatic N) is 2. The zero-order chi connectivity index (χ0) is 20.9. The van der Waals surface area contributed by atoms with Crippen molar-refractivity contribution in [2.75, 3.05) is 31.1 Å². The maximum absolute atomic E-state index is 12.8. The third-order valence-corrected chi connectivity index (χ3v) is 5.51. The van der Waals surface area contributed by atoms with E-state index < -0.39 is 5.97 Å². The molecule has 0 spiro atoms. The van der Waals surface area contributed by atoms with Crippen LogP contribution in [0.4, 0.5) is 5.69 Å². The van der Waals surface area contributed by atoms with Crippen LogP contribution in [0.15, 0.2) is 78.9 Å². The van der Waals surface area contributed by atoms with Gasteiger partial charge in [-0.25, -0.2) is 4.79 Å². The lowest BCUT2D eigenvalue weighted by atomic mass is 10.0. The highest BCUT2D eigenvalue weighted by Gasteiger charge is 2.25. The monoisotopic (exact) mass is 400 g/mol. The van der Waals surface area contributed by atoms with Crippen LogP contribution in [0.25, 0.3) is 0 Å². The van der Waals surface area contributed by atoms with E-state index in [0.29, 0.717) is 13.1 Å². The molecular formula is C25H24N2O3. The SMILES string of the molecule is O=C(O)c1ccccc1C(=O)N1CCN(c2ccc(Cc3ccccc3)cc2)CC1. The molecule has 4 rings (SSSR count). The highest BCUT2D eigenvalue weighted by Crippen LogP contribution is 2.20. The molecule has 3 aromatic carbocycles. The van der Waals surface area contributed by atoms with Crippen LogP contribution >= 0.6 is 0 Å². The van der Waals surface area contributed by atoms with Crippen molar-refractivity contribution in [1.29, 1.82) is 0 Å². The predicted octanol–water partition coefficient (Wildman–Crippen LogP) is 3.94. The van der Waals surface area contributed by atoms with Crippen LogP contribution in [0.2, 0.25) is 0 Å². The molecule has 0 aromatic heterocycles. The smallest absolute Gasteiger partial charge is 0.336 e. The van der Waals surface area contributed by atoms with Gasteiger partial charge in [0.15, 0.2) is 0 Å². The quantitative estimate of drug-likeness (QED) is 0.705. The lowest BCUT2D eigenvalue weighted by Gasteiger charge is -2.36. The normalized spacial score (nSPS) is 13.9. The second kappa shape index (κ2) is 8.82. The number of carbonyl (C=O) groups is 2. The highest BCUT2D eigenvalue weighted by atomic mass is 16.4. The molecule has 1 N–H and O–H groups in total. The van der Waals surface area contributed by atoms with Crippen LogP contribution in [-0.4, -0.2) is 48.1 Å². The van der Waals surface area contributed by atoms with Gasteiger partial charge in [-0.3, -0.25) is 4.79 Å². The summed E-state index contributed by atoms with van der Waals surface area (Å²) in [6.45, 7) is 2.58. The Balaban J connectivity index is 1.38. The number of aromatic carboxylic acids is 1. The Morgan fingerprint density at radius 1 is 0.700 bits per heavy atom. The van der Waals surface area contributed by atoms with Gasteiger partial charge in [-0.05, 0) is 41.8 Å². The van der Waals surface area contributed by atoms with E-state index in [1.54, 1.807) is 23.1 Å². The average Bonchev–Trinajstić information content (AvgIpc) is 2.80. The molecule has 1 fully saturated rings. The molecule has 30 heavy (non-hydrogen) atoms. The van der Waals surface area contributed by atoms with Gasteiger partial charge in [0.25, 0.3) is 5.91 Å². The summed E-state index contributed by atoms with van der Waals surface area (Å²) in [4.78, 5) is 28.2. The molecule has 0 bridgehead atoms. The standard InChI is InChI=1S/C25H24N2O3/c28-24(22-8-4-5-9-23(22)25(29)30)27-16-14-26(15-17-27)21-12-10-20(11-13-21)18-19-6-2-1-3-7-19/h1-13H,14-18H2,(H,29,30). The second-order valence-corrected chi connectivity index (χ2v) is 7.46. The Labute approximate surface area is 176 Å². The molecule has 1 amide bonds. The number of piperazine rings is 1. The number of benzene rings is 3. The molecule has 0 unspecified atom stereocenters. The Hall–Kier alpha value is -3.60. The number of anilines is 1. The summed E-state index contributed by atoms with van der Waals surface area (Å²) in [6.07, 6.45) is 0.909. The molecule has 0 aliphatic carbocycles. The molecule has 0 saturated carbocycles. The second-order valence-electron chi connectivity index (χ2n) is 7.46. The Morgan fingerprint density at radius 3 is 1.90 bits per heavy atom. The van der Waals surface area contributed by atoms with Crippen molar-refractivity contribution in [2.45, 2.75) is 6.42 Å². The van der Waals surface area contributed by atoms with Crippen molar-refractivity contribution in [2.24, 2.45) is 0 Å². The predicted molar refractivity (Wildman–Crippen MR) is 117 cm³/mol. The molecule has 3 aromatic rings. The van der Waals surface area contributed by atoms with Gasteiger partial charge in [0.1, 0.15) is 0 Å². The number of carbonyl (C=O) groups excluding carboxylic acids is 1. The van der Waals surface area contributed by atoms with Gasteiger partial charge in [-0.2, -0.15) is 0 Å². The first-order chi connectivity index (χ1) is 14.6. The zero-order valence-electron chi connectivity index (χ0n) is 16.7. The number of carboxylic acid groups (broad SMARTS) is 1. The maximum atomic E-state index is 12.8. The minimum absolute atomic E-state index is 0.0546. The molecule has 1 aliphatic heterocycles. The molecule has 0 atom stereocenters. The fourth-order valence-electron chi connectivity index (χ4n) is 3.85. The minimum atomic E-state index is -1.08. The van der Waals surface area contributed by atoms with Gasteiger partial charge < -0.3 is 14.9 Å². The summed E-state index contributed by atoms with van der Waals surface area (Å²) in [5.41, 5.74) is 4.01. The molecule has 1 aliphatic rings. The third-order valence-electron chi connectivity index (χ3n) is 5.51. The van der Waals surface area contributed by atoms with Gasteiger partial charge in [0, 0.05) is 31.9 Å². The van der Waals surface area contributed by atoms with Crippen LogP contribution in [0.5, 0.6) is 0 Å². The van der Waals surface area contributed by atoms with Crippen molar-refractivity contribution in [3.63, 3.8) is 0 Å². The first-order valence-corrected chi connectivity index (χ1v) is 10.1. The van der Waals surface area contributed by atoms with E-state index in [2.05, 4.69) is 53.4 Å². The van der Waals surface area contributed by atoms with Crippen LogP contribution in [0, 0.1) is 0 Å². The molecule has 1 saturated heterocycles. The molecule has 5 nitrogen and oxygen atoms in total. The Bertz CT molecular complexity index is 1020. The molecule has 152 valence electrons. The lowest BCUT2D eigenvalue weighted by Crippen LogP contribution is -2.49. The van der Waals surface area contributed by atoms with Crippen LogP contribution in [-0.2, 0) is 6.42 Å². The van der Waals surface area contributed by atoms with E-state index in [0.717, 1.165) is 25.2 Å². The topological polar surface area (TPSA) is 60.9 Å². The van der Waals surface area contributed by atoms with E-state index in [4.69, 9.17) is 0 Å². The maximum Gasteiger partial charge on any atom is 0.336 e. The highest BCUT2D eigenvalue weighted by molar-refractivity contribution is 6.04. The van der Waals surface area contributed by atoms with Crippen molar-refractivity contribution < 1.29 is 14.7 Å². The number of carboxylic acids is 1. The molecule has 1 heterocycles. The molecular weight excluding hydrogens is 376 g/mol. The molecule has 5 heteroatoms. The summed E-state index contributed by atoms with van der Waals surface area (Å²) in [5.74, 6) is -1.29. The minimum Gasteiger partial charge on any atom is -0.478 e. The largest absolute Gasteiger partial charge is 0.478 e. The van der Waals surface area contributed by atoms with Gasteiger partial charge in [0.05, 0.1) is 11.1 Å². The van der Waals surface area contributed by atoms with E-state index in [9.17, 15) is 14.7 Å². The van der Waals surface area contributed by atoms with Crippen LogP contribution in [0.3, 0.4) is 0 Å². The van der Waals surface area contributed by atoms with Crippen molar-refractivity contribution in [1.82, 2.24) is 4.90 Å². The van der Waals surface area contributed by atoms with Crippen molar-refractivity contribution in [3.8, 4) is 0 Å². The van der Waals surface area contributed by atoms with Gasteiger partial charge in [-0.1, -0.05) is 54.6 Å². The summed E-state index contributed by atoms with van der Waals surface area (Å²) < 4.78 is 0. The average molecular weight is 400 g/mol. The number of amides is 1. The van der Waals surface area contributed by atoms with E-state index >= 15 is 0 Å². The summed E-state index contributed by atoms with van der Waals surface area (Å²) in [6, 6.07) is 25.4. The van der Waals surface area contributed by atoms with Crippen molar-refractivity contribution in [3.05, 3.63) is 101 Å².